The molecule has 1 rings (SSSR count). The summed E-state index contributed by atoms with van der Waals surface area (Å²) in [6.07, 6.45) is 0. The van der Waals surface area contributed by atoms with Crippen molar-refractivity contribution in [1.29, 1.82) is 0 Å². The Labute approximate surface area is 73.9 Å². The minimum Gasteiger partial charge on any atom is -0.506 e. The highest BCUT2D eigenvalue weighted by Crippen LogP contribution is 2.26. The summed E-state index contributed by atoms with van der Waals surface area (Å²) in [5, 5.41) is 20.5. The first kappa shape index (κ1) is 8.67. The average molecular weight is 187 g/mol. The van der Waals surface area contributed by atoms with E-state index in [1.54, 1.807) is 6.07 Å². The van der Waals surface area contributed by atoms with Crippen LogP contribution >= 0.6 is 11.6 Å². The van der Waals surface area contributed by atoms with Crippen molar-refractivity contribution in [2.24, 2.45) is 10.9 Å². The van der Waals surface area contributed by atoms with Gasteiger partial charge in [-0.1, -0.05) is 22.8 Å². The summed E-state index contributed by atoms with van der Waals surface area (Å²) in [5.41, 5.74) is 5.46. The Hall–Kier alpha value is -1.42. The van der Waals surface area contributed by atoms with Gasteiger partial charge in [-0.15, -0.1) is 0 Å². The first-order valence-corrected chi connectivity index (χ1v) is 3.50. The molecule has 0 atom stereocenters. The SMILES string of the molecule is NC(=NO)c1cccc(Cl)c1O. The maximum Gasteiger partial charge on any atom is 0.173 e. The number of hydrogen-bond donors (Lipinski definition) is 3. The van der Waals surface area contributed by atoms with Gasteiger partial charge in [0, 0.05) is 0 Å². The highest BCUT2D eigenvalue weighted by Gasteiger charge is 2.08. The van der Waals surface area contributed by atoms with E-state index in [4.69, 9.17) is 22.5 Å². The zero-order valence-corrected chi connectivity index (χ0v) is 6.78. The van der Waals surface area contributed by atoms with Crippen molar-refractivity contribution in [2.45, 2.75) is 0 Å². The summed E-state index contributed by atoms with van der Waals surface area (Å²) < 4.78 is 0. The van der Waals surface area contributed by atoms with Crippen LogP contribution in [0.1, 0.15) is 5.56 Å². The van der Waals surface area contributed by atoms with Crippen molar-refractivity contribution in [3.63, 3.8) is 0 Å². The summed E-state index contributed by atoms with van der Waals surface area (Å²) in [5.74, 6) is -0.357. The van der Waals surface area contributed by atoms with Gasteiger partial charge in [0.1, 0.15) is 5.75 Å². The van der Waals surface area contributed by atoms with Crippen molar-refractivity contribution in [3.8, 4) is 5.75 Å². The number of para-hydroxylation sites is 1. The summed E-state index contributed by atoms with van der Waals surface area (Å²) in [6, 6.07) is 4.59. The second kappa shape index (κ2) is 3.32. The molecule has 64 valence electrons. The number of amidine groups is 1. The molecule has 12 heavy (non-hydrogen) atoms. The molecule has 0 amide bonds. The predicted octanol–water partition coefficient (Wildman–Crippen LogP) is 1.14. The molecule has 1 aromatic carbocycles. The third-order valence-corrected chi connectivity index (χ3v) is 1.68. The number of nitrogens with two attached hydrogens (primary N) is 1. The third kappa shape index (κ3) is 1.43. The number of phenols is 1. The van der Waals surface area contributed by atoms with Gasteiger partial charge in [0.2, 0.25) is 0 Å². The zero-order chi connectivity index (χ0) is 9.14. The molecule has 0 bridgehead atoms. The van der Waals surface area contributed by atoms with Crippen LogP contribution in [0.3, 0.4) is 0 Å². The molecule has 0 aliphatic rings. The number of rotatable bonds is 1. The number of aromatic hydroxyl groups is 1. The Morgan fingerprint density at radius 1 is 1.50 bits per heavy atom. The van der Waals surface area contributed by atoms with Crippen LogP contribution < -0.4 is 5.73 Å². The van der Waals surface area contributed by atoms with Gasteiger partial charge in [0.15, 0.2) is 5.84 Å². The van der Waals surface area contributed by atoms with E-state index in [1.165, 1.54) is 12.1 Å². The Kier molecular flexibility index (Phi) is 2.40. The van der Waals surface area contributed by atoms with Gasteiger partial charge in [0.05, 0.1) is 10.6 Å². The quantitative estimate of drug-likeness (QED) is 0.266. The molecular weight excluding hydrogens is 180 g/mol. The summed E-state index contributed by atoms with van der Waals surface area (Å²) in [4.78, 5) is 0. The molecule has 0 aromatic heterocycles. The Balaban J connectivity index is 3.26. The fourth-order valence-electron chi connectivity index (χ4n) is 0.776. The van der Waals surface area contributed by atoms with Crippen molar-refractivity contribution < 1.29 is 10.3 Å². The predicted molar refractivity (Wildman–Crippen MR) is 45.6 cm³/mol. The maximum absolute atomic E-state index is 9.30. The van der Waals surface area contributed by atoms with E-state index in [0.29, 0.717) is 0 Å². The maximum atomic E-state index is 9.30. The van der Waals surface area contributed by atoms with Crippen LogP contribution in [0.15, 0.2) is 23.4 Å². The number of halogens is 1. The first-order valence-electron chi connectivity index (χ1n) is 3.12. The number of benzene rings is 1. The number of oxime groups is 1. The lowest BCUT2D eigenvalue weighted by molar-refractivity contribution is 0.318. The lowest BCUT2D eigenvalue weighted by atomic mass is 10.2. The van der Waals surface area contributed by atoms with E-state index in [2.05, 4.69) is 5.16 Å². The molecule has 0 aliphatic carbocycles. The topological polar surface area (TPSA) is 78.8 Å². The molecule has 0 saturated heterocycles. The largest absolute Gasteiger partial charge is 0.506 e. The van der Waals surface area contributed by atoms with Crippen LogP contribution in [0.25, 0.3) is 0 Å². The number of nitrogens with zero attached hydrogens (tertiary/aromatic N) is 1. The van der Waals surface area contributed by atoms with E-state index >= 15 is 0 Å². The first-order chi connectivity index (χ1) is 5.66. The molecule has 0 unspecified atom stereocenters. The minimum absolute atomic E-state index is 0.166. The minimum atomic E-state index is -0.186. The summed E-state index contributed by atoms with van der Waals surface area (Å²) in [7, 11) is 0. The third-order valence-electron chi connectivity index (χ3n) is 1.37. The van der Waals surface area contributed by atoms with Gasteiger partial charge in [-0.05, 0) is 12.1 Å². The zero-order valence-electron chi connectivity index (χ0n) is 6.03. The van der Waals surface area contributed by atoms with Gasteiger partial charge in [-0.2, -0.15) is 0 Å². The number of phenolic OH excluding ortho intramolecular Hbond substituents is 1. The van der Waals surface area contributed by atoms with Gasteiger partial charge in [0.25, 0.3) is 0 Å². The molecule has 4 nitrogen and oxygen atoms in total. The normalized spacial score (nSPS) is 11.6. The molecule has 5 heteroatoms. The summed E-state index contributed by atoms with van der Waals surface area (Å²) >= 11 is 5.57. The van der Waals surface area contributed by atoms with E-state index in [0.717, 1.165) is 0 Å². The molecule has 0 spiro atoms. The molecule has 0 fully saturated rings. The monoisotopic (exact) mass is 186 g/mol. The molecule has 0 radical (unpaired) electrons. The standard InChI is InChI=1S/C7H7ClN2O2/c8-5-3-1-2-4(6(5)11)7(9)10-12/h1-3,11-12H,(H2,9,10). The van der Waals surface area contributed by atoms with Crippen LogP contribution in [0.4, 0.5) is 0 Å². The lowest BCUT2D eigenvalue weighted by Crippen LogP contribution is -2.13. The smallest absolute Gasteiger partial charge is 0.173 e. The van der Waals surface area contributed by atoms with E-state index < -0.39 is 0 Å². The van der Waals surface area contributed by atoms with E-state index in [-0.39, 0.29) is 22.2 Å². The van der Waals surface area contributed by atoms with Crippen LogP contribution in [-0.2, 0) is 0 Å². The van der Waals surface area contributed by atoms with Gasteiger partial charge in [-0.3, -0.25) is 0 Å². The van der Waals surface area contributed by atoms with Crippen molar-refractivity contribution >= 4 is 17.4 Å². The van der Waals surface area contributed by atoms with Crippen LogP contribution in [0.5, 0.6) is 5.75 Å². The summed E-state index contributed by atoms with van der Waals surface area (Å²) in [6.45, 7) is 0. The molecule has 0 heterocycles. The van der Waals surface area contributed by atoms with Gasteiger partial charge >= 0.3 is 0 Å². The number of hydrogen-bond acceptors (Lipinski definition) is 3. The van der Waals surface area contributed by atoms with Crippen LogP contribution in [-0.4, -0.2) is 16.1 Å². The Morgan fingerprint density at radius 2 is 2.17 bits per heavy atom. The van der Waals surface area contributed by atoms with Crippen molar-refractivity contribution in [3.05, 3.63) is 28.8 Å². The van der Waals surface area contributed by atoms with E-state index in [1.807, 2.05) is 0 Å². The molecule has 0 aliphatic heterocycles. The lowest BCUT2D eigenvalue weighted by Gasteiger charge is -2.02. The highest BCUT2D eigenvalue weighted by molar-refractivity contribution is 6.32. The van der Waals surface area contributed by atoms with Crippen LogP contribution in [0, 0.1) is 0 Å². The molecular formula is C7H7ClN2O2. The Morgan fingerprint density at radius 3 is 2.75 bits per heavy atom. The second-order valence-corrected chi connectivity index (χ2v) is 2.53. The van der Waals surface area contributed by atoms with Gasteiger partial charge < -0.3 is 16.0 Å². The Bertz CT molecular complexity index is 325. The van der Waals surface area contributed by atoms with Crippen molar-refractivity contribution in [2.75, 3.05) is 0 Å². The van der Waals surface area contributed by atoms with E-state index in [9.17, 15) is 5.11 Å². The van der Waals surface area contributed by atoms with Crippen LogP contribution in [0.2, 0.25) is 5.02 Å². The molecule has 0 saturated carbocycles. The second-order valence-electron chi connectivity index (χ2n) is 2.12. The van der Waals surface area contributed by atoms with Crippen molar-refractivity contribution in [1.82, 2.24) is 0 Å². The van der Waals surface area contributed by atoms with Gasteiger partial charge in [-0.25, -0.2) is 0 Å². The fourth-order valence-corrected chi connectivity index (χ4v) is 0.950. The molecule has 4 N–H and O–H groups in total. The fraction of sp³-hybridized carbons (Fsp3) is 0. The molecule has 1 aromatic rings. The average Bonchev–Trinajstić information content (AvgIpc) is 2.08. The highest BCUT2D eigenvalue weighted by atomic mass is 35.5.